The molecular formula is C17H22N2OS. The van der Waals surface area contributed by atoms with Crippen molar-refractivity contribution in [2.75, 3.05) is 14.2 Å². The van der Waals surface area contributed by atoms with Gasteiger partial charge in [0.05, 0.1) is 10.6 Å². The highest BCUT2D eigenvalue weighted by Crippen LogP contribution is 2.45. The fourth-order valence-corrected chi connectivity index (χ4v) is 4.41. The average Bonchev–Trinajstić information content (AvgIpc) is 3.16. The summed E-state index contributed by atoms with van der Waals surface area (Å²) >= 11 is 1.80. The number of nitrogens with one attached hydrogen (secondary N) is 1. The summed E-state index contributed by atoms with van der Waals surface area (Å²) in [6.45, 7) is 0.792. The van der Waals surface area contributed by atoms with E-state index in [0.29, 0.717) is 0 Å². The summed E-state index contributed by atoms with van der Waals surface area (Å²) in [4.78, 5) is 6.20. The summed E-state index contributed by atoms with van der Waals surface area (Å²) in [7, 11) is 3.79. The van der Waals surface area contributed by atoms with Gasteiger partial charge in [-0.2, -0.15) is 0 Å². The van der Waals surface area contributed by atoms with E-state index in [9.17, 15) is 0 Å². The maximum atomic E-state index is 5.89. The molecule has 1 aliphatic carbocycles. The molecule has 112 valence electrons. The van der Waals surface area contributed by atoms with Crippen LogP contribution in [0.15, 0.2) is 30.3 Å². The summed E-state index contributed by atoms with van der Waals surface area (Å²) in [5.74, 6) is 0. The van der Waals surface area contributed by atoms with Gasteiger partial charge in [0.15, 0.2) is 0 Å². The maximum absolute atomic E-state index is 5.89. The van der Waals surface area contributed by atoms with Crippen LogP contribution in [-0.4, -0.2) is 19.1 Å². The number of hydrogen-bond acceptors (Lipinski definition) is 4. The van der Waals surface area contributed by atoms with Gasteiger partial charge < -0.3 is 10.1 Å². The highest BCUT2D eigenvalue weighted by atomic mass is 32.1. The lowest BCUT2D eigenvalue weighted by molar-refractivity contribution is -0.00896. The monoisotopic (exact) mass is 302 g/mol. The number of ether oxygens (including phenoxy) is 1. The van der Waals surface area contributed by atoms with Gasteiger partial charge >= 0.3 is 0 Å². The van der Waals surface area contributed by atoms with Gasteiger partial charge in [0, 0.05) is 13.7 Å². The molecule has 3 nitrogen and oxygen atoms in total. The molecule has 0 spiro atoms. The molecule has 1 saturated carbocycles. The Morgan fingerprint density at radius 2 is 1.95 bits per heavy atom. The first-order valence-corrected chi connectivity index (χ1v) is 8.36. The number of aromatic nitrogens is 1. The molecule has 21 heavy (non-hydrogen) atoms. The van der Waals surface area contributed by atoms with Crippen LogP contribution >= 0.6 is 11.3 Å². The second-order valence-corrected chi connectivity index (χ2v) is 6.60. The lowest BCUT2D eigenvalue weighted by atomic mass is 10.0. The molecule has 1 heterocycles. The fraction of sp³-hybridized carbons (Fsp3) is 0.471. The van der Waals surface area contributed by atoms with Crippen LogP contribution < -0.4 is 5.32 Å². The summed E-state index contributed by atoms with van der Waals surface area (Å²) in [5.41, 5.74) is 2.22. The van der Waals surface area contributed by atoms with Gasteiger partial charge in [-0.05, 0) is 25.5 Å². The summed E-state index contributed by atoms with van der Waals surface area (Å²) in [6, 6.07) is 10.5. The minimum absolute atomic E-state index is 0.153. The Kier molecular flexibility index (Phi) is 4.38. The van der Waals surface area contributed by atoms with Crippen LogP contribution in [0.25, 0.3) is 10.4 Å². The van der Waals surface area contributed by atoms with E-state index in [1.165, 1.54) is 23.3 Å². The van der Waals surface area contributed by atoms with E-state index in [1.54, 1.807) is 11.3 Å². The van der Waals surface area contributed by atoms with Crippen LogP contribution in [0.4, 0.5) is 0 Å². The van der Waals surface area contributed by atoms with Crippen LogP contribution in [0.3, 0.4) is 0 Å². The third-order valence-corrected chi connectivity index (χ3v) is 5.60. The van der Waals surface area contributed by atoms with E-state index in [2.05, 4.69) is 35.6 Å². The molecule has 4 heteroatoms. The molecule has 0 amide bonds. The molecule has 0 bridgehead atoms. The van der Waals surface area contributed by atoms with Crippen molar-refractivity contribution in [3.8, 4) is 10.4 Å². The molecule has 3 rings (SSSR count). The normalized spacial score (nSPS) is 17.2. The molecule has 1 aromatic heterocycles. The van der Waals surface area contributed by atoms with E-state index >= 15 is 0 Å². The van der Waals surface area contributed by atoms with Crippen molar-refractivity contribution in [1.82, 2.24) is 10.3 Å². The number of thiazole rings is 1. The molecule has 1 fully saturated rings. The van der Waals surface area contributed by atoms with Gasteiger partial charge in [-0.15, -0.1) is 11.3 Å². The van der Waals surface area contributed by atoms with Crippen molar-refractivity contribution < 1.29 is 4.74 Å². The Morgan fingerprint density at radius 1 is 1.24 bits per heavy atom. The van der Waals surface area contributed by atoms with Crippen LogP contribution in [0, 0.1) is 0 Å². The standard InChI is InChI=1S/C17H22N2OS/c1-18-12-14-15(13-8-4-3-5-9-13)21-16(19-14)17(20-2)10-6-7-11-17/h3-5,8-9,18H,6-7,10-12H2,1-2H3. The number of methoxy groups -OCH3 is 1. The Morgan fingerprint density at radius 3 is 2.57 bits per heavy atom. The Hall–Kier alpha value is -1.23. The van der Waals surface area contributed by atoms with Crippen molar-refractivity contribution >= 4 is 11.3 Å². The quantitative estimate of drug-likeness (QED) is 0.908. The summed E-state index contributed by atoms with van der Waals surface area (Å²) < 4.78 is 5.89. The van der Waals surface area contributed by atoms with Crippen molar-refractivity contribution in [3.05, 3.63) is 41.0 Å². The average molecular weight is 302 g/mol. The highest BCUT2D eigenvalue weighted by molar-refractivity contribution is 7.15. The van der Waals surface area contributed by atoms with Crippen molar-refractivity contribution in [3.63, 3.8) is 0 Å². The zero-order valence-corrected chi connectivity index (χ0v) is 13.5. The predicted molar refractivity (Wildman–Crippen MR) is 87.5 cm³/mol. The Balaban J connectivity index is 2.04. The van der Waals surface area contributed by atoms with E-state index < -0.39 is 0 Å². The molecule has 0 saturated heterocycles. The molecule has 1 aromatic carbocycles. The van der Waals surface area contributed by atoms with Crippen molar-refractivity contribution in [2.24, 2.45) is 0 Å². The second kappa shape index (κ2) is 6.26. The molecule has 1 aliphatic rings. The molecule has 0 atom stereocenters. The van der Waals surface area contributed by atoms with Gasteiger partial charge in [0.2, 0.25) is 0 Å². The second-order valence-electron chi connectivity index (χ2n) is 5.60. The van der Waals surface area contributed by atoms with E-state index in [-0.39, 0.29) is 5.60 Å². The van der Waals surface area contributed by atoms with Crippen LogP contribution in [0.1, 0.15) is 36.4 Å². The number of benzene rings is 1. The molecule has 2 aromatic rings. The zero-order valence-electron chi connectivity index (χ0n) is 12.7. The fourth-order valence-electron chi connectivity index (χ4n) is 3.10. The molecule has 0 unspecified atom stereocenters. The van der Waals surface area contributed by atoms with Crippen molar-refractivity contribution in [1.29, 1.82) is 0 Å². The largest absolute Gasteiger partial charge is 0.371 e. The number of nitrogens with zero attached hydrogens (tertiary/aromatic N) is 1. The maximum Gasteiger partial charge on any atom is 0.126 e. The lowest BCUT2D eigenvalue weighted by Crippen LogP contribution is -2.24. The Labute approximate surface area is 130 Å². The molecule has 0 radical (unpaired) electrons. The zero-order chi connectivity index (χ0) is 14.7. The van der Waals surface area contributed by atoms with Crippen molar-refractivity contribution in [2.45, 2.75) is 37.8 Å². The number of rotatable bonds is 5. The van der Waals surface area contributed by atoms with Gasteiger partial charge in [0.1, 0.15) is 10.6 Å². The smallest absolute Gasteiger partial charge is 0.126 e. The molecule has 0 aliphatic heterocycles. The first-order valence-electron chi connectivity index (χ1n) is 7.54. The van der Waals surface area contributed by atoms with E-state index in [1.807, 2.05) is 14.2 Å². The van der Waals surface area contributed by atoms with E-state index in [4.69, 9.17) is 9.72 Å². The highest BCUT2D eigenvalue weighted by Gasteiger charge is 2.39. The minimum atomic E-state index is -0.153. The summed E-state index contributed by atoms with van der Waals surface area (Å²) in [5, 5.41) is 4.38. The lowest BCUT2D eigenvalue weighted by Gasteiger charge is -2.24. The van der Waals surface area contributed by atoms with Gasteiger partial charge in [-0.25, -0.2) is 4.98 Å². The summed E-state index contributed by atoms with van der Waals surface area (Å²) in [6.07, 6.45) is 4.64. The van der Waals surface area contributed by atoms with Crippen LogP contribution in [0.5, 0.6) is 0 Å². The third-order valence-electron chi connectivity index (χ3n) is 4.27. The van der Waals surface area contributed by atoms with Crippen LogP contribution in [-0.2, 0) is 16.9 Å². The Bertz CT molecular complexity index is 588. The number of hydrogen-bond donors (Lipinski definition) is 1. The van der Waals surface area contributed by atoms with E-state index in [0.717, 1.165) is 30.1 Å². The minimum Gasteiger partial charge on any atom is -0.371 e. The molecule has 1 N–H and O–H groups in total. The first kappa shape index (κ1) is 14.7. The third kappa shape index (κ3) is 2.76. The van der Waals surface area contributed by atoms with Gasteiger partial charge in [0.25, 0.3) is 0 Å². The topological polar surface area (TPSA) is 34.2 Å². The van der Waals surface area contributed by atoms with Gasteiger partial charge in [-0.3, -0.25) is 0 Å². The SMILES string of the molecule is CNCc1nc(C2(OC)CCCC2)sc1-c1ccccc1. The van der Waals surface area contributed by atoms with Gasteiger partial charge in [-0.1, -0.05) is 43.2 Å². The van der Waals surface area contributed by atoms with Crippen LogP contribution in [0.2, 0.25) is 0 Å². The predicted octanol–water partition coefficient (Wildman–Crippen LogP) is 3.95. The molecular weight excluding hydrogens is 280 g/mol. The first-order chi connectivity index (χ1) is 10.3.